The molecule has 3 nitrogen and oxygen atoms in total. The normalized spacial score (nSPS) is 10.6. The molecule has 0 spiro atoms. The number of carbonyl (C=O) groups is 1. The van der Waals surface area contributed by atoms with Crippen LogP contribution in [0.5, 0.6) is 0 Å². The maximum absolute atomic E-state index is 10.9. The molecule has 0 aromatic heterocycles. The molecule has 14 heavy (non-hydrogen) atoms. The summed E-state index contributed by atoms with van der Waals surface area (Å²) in [7, 11) is 0. The Labute approximate surface area is 87.7 Å². The van der Waals surface area contributed by atoms with Crippen molar-refractivity contribution in [3.63, 3.8) is 0 Å². The number of anilines is 1. The molecule has 0 unspecified atom stereocenters. The molecule has 0 saturated heterocycles. The fourth-order valence-electron chi connectivity index (χ4n) is 1.15. The average Bonchev–Trinajstić information content (AvgIpc) is 2.14. The molecule has 0 aliphatic rings. The summed E-state index contributed by atoms with van der Waals surface area (Å²) in [6, 6.07) is 5.00. The van der Waals surface area contributed by atoms with Crippen LogP contribution >= 0.6 is 12.6 Å². The molecule has 0 aliphatic heterocycles. The van der Waals surface area contributed by atoms with Gasteiger partial charge in [0, 0.05) is 11.4 Å². The second-order valence-electron chi connectivity index (χ2n) is 2.70. The molecule has 4 heteroatoms. The third-order valence-electron chi connectivity index (χ3n) is 1.75. The number of carboxylic acids is 1. The highest BCUT2D eigenvalue weighted by Crippen LogP contribution is 2.18. The Bertz CT molecular complexity index is 374. The van der Waals surface area contributed by atoms with E-state index in [0.717, 1.165) is 0 Å². The number of aromatic carboxylic acids is 1. The zero-order valence-corrected chi connectivity index (χ0v) is 8.37. The average molecular weight is 209 g/mol. The fourth-order valence-corrected chi connectivity index (χ4v) is 1.26. The Balaban J connectivity index is 3.21. The SMILES string of the molecule is Nc1cccc(C=CCS)c1C(=O)O. The highest BCUT2D eigenvalue weighted by Gasteiger charge is 2.10. The van der Waals surface area contributed by atoms with Crippen molar-refractivity contribution in [2.45, 2.75) is 0 Å². The van der Waals surface area contributed by atoms with Gasteiger partial charge in [-0.15, -0.1) is 0 Å². The Kier molecular flexibility index (Phi) is 3.59. The van der Waals surface area contributed by atoms with Crippen molar-refractivity contribution in [1.29, 1.82) is 0 Å². The molecule has 0 atom stereocenters. The van der Waals surface area contributed by atoms with E-state index in [1.165, 1.54) is 0 Å². The molecule has 0 heterocycles. The lowest BCUT2D eigenvalue weighted by atomic mass is 10.1. The Hall–Kier alpha value is -1.42. The molecule has 0 fully saturated rings. The van der Waals surface area contributed by atoms with E-state index >= 15 is 0 Å². The maximum atomic E-state index is 10.9. The monoisotopic (exact) mass is 209 g/mol. The number of nitrogen functional groups attached to an aromatic ring is 1. The highest BCUT2D eigenvalue weighted by atomic mass is 32.1. The van der Waals surface area contributed by atoms with E-state index < -0.39 is 5.97 Å². The lowest BCUT2D eigenvalue weighted by molar-refractivity contribution is 0.0698. The molecule has 0 bridgehead atoms. The van der Waals surface area contributed by atoms with Gasteiger partial charge in [-0.3, -0.25) is 0 Å². The molecule has 3 N–H and O–H groups in total. The predicted octanol–water partition coefficient (Wildman–Crippen LogP) is 1.91. The van der Waals surface area contributed by atoms with Gasteiger partial charge < -0.3 is 10.8 Å². The Morgan fingerprint density at radius 1 is 1.57 bits per heavy atom. The number of rotatable bonds is 3. The Morgan fingerprint density at radius 3 is 2.86 bits per heavy atom. The molecule has 0 saturated carbocycles. The molecule has 1 rings (SSSR count). The molecule has 0 aliphatic carbocycles. The number of thiol groups is 1. The second kappa shape index (κ2) is 4.72. The fraction of sp³-hybridized carbons (Fsp3) is 0.100. The van der Waals surface area contributed by atoms with Crippen LogP contribution in [0.2, 0.25) is 0 Å². The van der Waals surface area contributed by atoms with E-state index in [0.29, 0.717) is 11.3 Å². The smallest absolute Gasteiger partial charge is 0.338 e. The summed E-state index contributed by atoms with van der Waals surface area (Å²) in [6.45, 7) is 0. The first-order valence-corrected chi connectivity index (χ1v) is 4.69. The van der Waals surface area contributed by atoms with Crippen molar-refractivity contribution in [2.75, 3.05) is 11.5 Å². The van der Waals surface area contributed by atoms with Crippen LogP contribution in [0.15, 0.2) is 24.3 Å². The van der Waals surface area contributed by atoms with Crippen molar-refractivity contribution < 1.29 is 9.90 Å². The van der Waals surface area contributed by atoms with Crippen LogP contribution in [0.25, 0.3) is 6.08 Å². The van der Waals surface area contributed by atoms with Gasteiger partial charge in [0.05, 0.1) is 5.56 Å². The first kappa shape index (κ1) is 10.7. The predicted molar refractivity (Wildman–Crippen MR) is 60.7 cm³/mol. The van der Waals surface area contributed by atoms with Gasteiger partial charge in [-0.05, 0) is 11.6 Å². The van der Waals surface area contributed by atoms with Crippen LogP contribution in [0, 0.1) is 0 Å². The van der Waals surface area contributed by atoms with Crippen LogP contribution < -0.4 is 5.73 Å². The Morgan fingerprint density at radius 2 is 2.29 bits per heavy atom. The zero-order valence-electron chi connectivity index (χ0n) is 7.47. The molecule has 74 valence electrons. The number of nitrogens with two attached hydrogens (primary N) is 1. The van der Waals surface area contributed by atoms with Gasteiger partial charge in [0.15, 0.2) is 0 Å². The first-order valence-electron chi connectivity index (χ1n) is 4.06. The highest BCUT2D eigenvalue weighted by molar-refractivity contribution is 7.80. The number of hydrogen-bond acceptors (Lipinski definition) is 3. The van der Waals surface area contributed by atoms with Crippen LogP contribution in [-0.2, 0) is 0 Å². The third kappa shape index (κ3) is 2.29. The summed E-state index contributed by atoms with van der Waals surface area (Å²) in [4.78, 5) is 10.9. The largest absolute Gasteiger partial charge is 0.478 e. The summed E-state index contributed by atoms with van der Waals surface area (Å²) in [5.74, 6) is -0.449. The molecule has 1 aromatic rings. The minimum atomic E-state index is -1.01. The first-order chi connectivity index (χ1) is 6.66. The molecular weight excluding hydrogens is 198 g/mol. The van der Waals surface area contributed by atoms with Gasteiger partial charge in [0.1, 0.15) is 0 Å². The minimum absolute atomic E-state index is 0.144. The summed E-state index contributed by atoms with van der Waals surface area (Å²) in [5.41, 5.74) is 6.58. The molecular formula is C10H11NO2S. The summed E-state index contributed by atoms with van der Waals surface area (Å²) in [6.07, 6.45) is 3.47. The molecule has 0 amide bonds. The van der Waals surface area contributed by atoms with Crippen molar-refractivity contribution in [2.24, 2.45) is 0 Å². The number of benzene rings is 1. The third-order valence-corrected chi connectivity index (χ3v) is 1.96. The lowest BCUT2D eigenvalue weighted by Gasteiger charge is -2.03. The quantitative estimate of drug-likeness (QED) is 0.526. The van der Waals surface area contributed by atoms with Gasteiger partial charge in [-0.2, -0.15) is 12.6 Å². The van der Waals surface area contributed by atoms with Gasteiger partial charge in [-0.25, -0.2) is 4.79 Å². The van der Waals surface area contributed by atoms with Gasteiger partial charge in [0.25, 0.3) is 0 Å². The number of hydrogen-bond donors (Lipinski definition) is 3. The van der Waals surface area contributed by atoms with Crippen LogP contribution in [0.1, 0.15) is 15.9 Å². The van der Waals surface area contributed by atoms with E-state index in [9.17, 15) is 4.79 Å². The van der Waals surface area contributed by atoms with E-state index in [2.05, 4.69) is 12.6 Å². The summed E-state index contributed by atoms with van der Waals surface area (Å²) >= 11 is 4.00. The maximum Gasteiger partial charge on any atom is 0.338 e. The second-order valence-corrected chi connectivity index (χ2v) is 3.07. The van der Waals surface area contributed by atoms with Gasteiger partial charge in [0.2, 0.25) is 0 Å². The minimum Gasteiger partial charge on any atom is -0.478 e. The lowest BCUT2D eigenvalue weighted by Crippen LogP contribution is -2.04. The van der Waals surface area contributed by atoms with Crippen molar-refractivity contribution in [3.8, 4) is 0 Å². The van der Waals surface area contributed by atoms with Crippen molar-refractivity contribution in [1.82, 2.24) is 0 Å². The van der Waals surface area contributed by atoms with E-state index in [1.54, 1.807) is 30.4 Å². The van der Waals surface area contributed by atoms with Gasteiger partial charge in [-0.1, -0.05) is 24.3 Å². The van der Waals surface area contributed by atoms with E-state index in [1.807, 2.05) is 0 Å². The zero-order chi connectivity index (χ0) is 10.6. The van der Waals surface area contributed by atoms with Crippen LogP contribution in [0.3, 0.4) is 0 Å². The number of carboxylic acid groups (broad SMARTS) is 1. The van der Waals surface area contributed by atoms with Gasteiger partial charge >= 0.3 is 5.97 Å². The summed E-state index contributed by atoms with van der Waals surface area (Å²) < 4.78 is 0. The van der Waals surface area contributed by atoms with Crippen LogP contribution in [0.4, 0.5) is 5.69 Å². The van der Waals surface area contributed by atoms with E-state index in [4.69, 9.17) is 10.8 Å². The molecule has 1 aromatic carbocycles. The topological polar surface area (TPSA) is 63.3 Å². The van der Waals surface area contributed by atoms with Crippen molar-refractivity contribution in [3.05, 3.63) is 35.4 Å². The standard InChI is InChI=1S/C10H11NO2S/c11-8-5-1-3-7(4-2-6-14)9(8)10(12)13/h1-5,14H,6,11H2,(H,12,13). The van der Waals surface area contributed by atoms with Crippen LogP contribution in [-0.4, -0.2) is 16.8 Å². The van der Waals surface area contributed by atoms with Crippen molar-refractivity contribution >= 4 is 30.4 Å². The van der Waals surface area contributed by atoms with E-state index in [-0.39, 0.29) is 11.3 Å². The molecule has 0 radical (unpaired) electrons. The summed E-state index contributed by atoms with van der Waals surface area (Å²) in [5, 5.41) is 8.91.